The molecular formula is C13H14ClN3. The molecule has 0 saturated heterocycles. The Morgan fingerprint density at radius 1 is 1.18 bits per heavy atom. The second-order valence-corrected chi connectivity index (χ2v) is 4.31. The number of halogens is 1. The minimum Gasteiger partial charge on any atom is -0.249 e. The Morgan fingerprint density at radius 3 is 2.71 bits per heavy atom. The molecule has 0 atom stereocenters. The van der Waals surface area contributed by atoms with Crippen LogP contribution in [0.2, 0.25) is 5.15 Å². The van der Waals surface area contributed by atoms with Gasteiger partial charge in [-0.15, -0.1) is 0 Å². The van der Waals surface area contributed by atoms with E-state index in [-0.39, 0.29) is 0 Å². The van der Waals surface area contributed by atoms with E-state index in [1.165, 1.54) is 0 Å². The molecule has 0 spiro atoms. The Hall–Kier alpha value is -1.48. The summed E-state index contributed by atoms with van der Waals surface area (Å²) < 4.78 is 0. The van der Waals surface area contributed by atoms with Crippen LogP contribution in [0.5, 0.6) is 0 Å². The SMILES string of the molecule is CCCc1cccc(-c2nc(C)cc(Cl)n2)n1. The summed E-state index contributed by atoms with van der Waals surface area (Å²) in [6.45, 7) is 4.03. The van der Waals surface area contributed by atoms with Gasteiger partial charge in [0.2, 0.25) is 0 Å². The van der Waals surface area contributed by atoms with E-state index < -0.39 is 0 Å². The molecule has 2 rings (SSSR count). The van der Waals surface area contributed by atoms with Gasteiger partial charge in [0.05, 0.1) is 0 Å². The van der Waals surface area contributed by atoms with Crippen molar-refractivity contribution in [2.45, 2.75) is 26.7 Å². The van der Waals surface area contributed by atoms with E-state index in [0.717, 1.165) is 29.9 Å². The van der Waals surface area contributed by atoms with E-state index in [9.17, 15) is 0 Å². The molecule has 4 heteroatoms. The average Bonchev–Trinajstić information content (AvgIpc) is 2.28. The van der Waals surface area contributed by atoms with Gasteiger partial charge in [0.15, 0.2) is 5.82 Å². The Morgan fingerprint density at radius 2 is 2.00 bits per heavy atom. The monoisotopic (exact) mass is 247 g/mol. The third kappa shape index (κ3) is 3.01. The number of hydrogen-bond donors (Lipinski definition) is 0. The van der Waals surface area contributed by atoms with Crippen LogP contribution >= 0.6 is 11.6 Å². The zero-order valence-electron chi connectivity index (χ0n) is 9.94. The van der Waals surface area contributed by atoms with Crippen molar-refractivity contribution in [3.8, 4) is 11.5 Å². The zero-order chi connectivity index (χ0) is 12.3. The van der Waals surface area contributed by atoms with Crippen LogP contribution in [0.4, 0.5) is 0 Å². The molecule has 0 aliphatic heterocycles. The van der Waals surface area contributed by atoms with E-state index in [2.05, 4.69) is 21.9 Å². The van der Waals surface area contributed by atoms with Crippen molar-refractivity contribution >= 4 is 11.6 Å². The molecule has 0 radical (unpaired) electrons. The lowest BCUT2D eigenvalue weighted by Gasteiger charge is -2.04. The highest BCUT2D eigenvalue weighted by atomic mass is 35.5. The lowest BCUT2D eigenvalue weighted by atomic mass is 10.2. The fourth-order valence-electron chi connectivity index (χ4n) is 1.64. The Kier molecular flexibility index (Phi) is 3.69. The summed E-state index contributed by atoms with van der Waals surface area (Å²) in [5.74, 6) is 0.591. The minimum absolute atomic E-state index is 0.454. The molecule has 2 aromatic rings. The van der Waals surface area contributed by atoms with Crippen LogP contribution in [0.25, 0.3) is 11.5 Å². The van der Waals surface area contributed by atoms with E-state index in [4.69, 9.17) is 11.6 Å². The number of nitrogens with zero attached hydrogens (tertiary/aromatic N) is 3. The molecule has 0 amide bonds. The molecule has 2 heterocycles. The van der Waals surface area contributed by atoms with Gasteiger partial charge in [0, 0.05) is 11.4 Å². The molecule has 3 nitrogen and oxygen atoms in total. The van der Waals surface area contributed by atoms with Crippen LogP contribution in [0.3, 0.4) is 0 Å². The summed E-state index contributed by atoms with van der Waals surface area (Å²) in [4.78, 5) is 13.1. The number of aryl methyl sites for hydroxylation is 2. The molecule has 0 saturated carbocycles. The maximum absolute atomic E-state index is 5.92. The van der Waals surface area contributed by atoms with Gasteiger partial charge in [-0.2, -0.15) is 0 Å². The van der Waals surface area contributed by atoms with Gasteiger partial charge in [-0.05, 0) is 31.5 Å². The molecule has 0 N–H and O–H groups in total. The molecule has 0 aliphatic carbocycles. The van der Waals surface area contributed by atoms with Gasteiger partial charge in [-0.3, -0.25) is 0 Å². The van der Waals surface area contributed by atoms with Crippen molar-refractivity contribution in [1.82, 2.24) is 15.0 Å². The second-order valence-electron chi connectivity index (χ2n) is 3.92. The first kappa shape index (κ1) is 12.0. The van der Waals surface area contributed by atoms with Gasteiger partial charge < -0.3 is 0 Å². The maximum Gasteiger partial charge on any atom is 0.179 e. The van der Waals surface area contributed by atoms with Crippen molar-refractivity contribution in [1.29, 1.82) is 0 Å². The molecule has 0 fully saturated rings. The predicted molar refractivity (Wildman–Crippen MR) is 69.0 cm³/mol. The number of rotatable bonds is 3. The van der Waals surface area contributed by atoms with Crippen molar-refractivity contribution in [2.75, 3.05) is 0 Å². The second kappa shape index (κ2) is 5.23. The zero-order valence-corrected chi connectivity index (χ0v) is 10.7. The number of pyridine rings is 1. The third-order valence-electron chi connectivity index (χ3n) is 2.36. The van der Waals surface area contributed by atoms with Crippen LogP contribution in [0, 0.1) is 6.92 Å². The summed E-state index contributed by atoms with van der Waals surface area (Å²) in [5, 5.41) is 0.454. The molecule has 2 aromatic heterocycles. The average molecular weight is 248 g/mol. The first-order valence-corrected chi connectivity index (χ1v) is 6.04. The van der Waals surface area contributed by atoms with Crippen molar-refractivity contribution in [3.63, 3.8) is 0 Å². The van der Waals surface area contributed by atoms with E-state index in [1.807, 2.05) is 25.1 Å². The number of hydrogen-bond acceptors (Lipinski definition) is 3. The largest absolute Gasteiger partial charge is 0.249 e. The molecule has 0 bridgehead atoms. The summed E-state index contributed by atoms with van der Waals surface area (Å²) >= 11 is 5.92. The summed E-state index contributed by atoms with van der Waals surface area (Å²) in [5.41, 5.74) is 2.69. The fourth-order valence-corrected chi connectivity index (χ4v) is 1.88. The Labute approximate surface area is 106 Å². The Balaban J connectivity index is 2.41. The smallest absolute Gasteiger partial charge is 0.179 e. The first-order chi connectivity index (χ1) is 8.19. The minimum atomic E-state index is 0.454. The lowest BCUT2D eigenvalue weighted by molar-refractivity contribution is 0.881. The fraction of sp³-hybridized carbons (Fsp3) is 0.308. The third-order valence-corrected chi connectivity index (χ3v) is 2.56. The van der Waals surface area contributed by atoms with Gasteiger partial charge in [-0.1, -0.05) is 31.0 Å². The molecule has 17 heavy (non-hydrogen) atoms. The van der Waals surface area contributed by atoms with Gasteiger partial charge in [0.1, 0.15) is 10.8 Å². The number of aromatic nitrogens is 3. The van der Waals surface area contributed by atoms with Crippen molar-refractivity contribution in [2.24, 2.45) is 0 Å². The quantitative estimate of drug-likeness (QED) is 0.780. The molecule has 0 aromatic carbocycles. The van der Waals surface area contributed by atoms with Crippen LogP contribution in [0.1, 0.15) is 24.7 Å². The normalized spacial score (nSPS) is 10.5. The van der Waals surface area contributed by atoms with E-state index in [1.54, 1.807) is 6.07 Å². The highest BCUT2D eigenvalue weighted by Crippen LogP contribution is 2.16. The first-order valence-electron chi connectivity index (χ1n) is 5.66. The lowest BCUT2D eigenvalue weighted by Crippen LogP contribution is -1.97. The summed E-state index contributed by atoms with van der Waals surface area (Å²) in [6, 6.07) is 7.64. The van der Waals surface area contributed by atoms with Gasteiger partial charge in [-0.25, -0.2) is 15.0 Å². The van der Waals surface area contributed by atoms with Crippen LogP contribution < -0.4 is 0 Å². The molecule has 88 valence electrons. The highest BCUT2D eigenvalue weighted by molar-refractivity contribution is 6.29. The van der Waals surface area contributed by atoms with Gasteiger partial charge >= 0.3 is 0 Å². The van der Waals surface area contributed by atoms with E-state index >= 15 is 0 Å². The molecular weight excluding hydrogens is 234 g/mol. The Bertz CT molecular complexity index is 506. The maximum atomic E-state index is 5.92. The molecule has 0 unspecified atom stereocenters. The van der Waals surface area contributed by atoms with Crippen molar-refractivity contribution < 1.29 is 0 Å². The summed E-state index contributed by atoms with van der Waals surface area (Å²) in [6.07, 6.45) is 2.04. The topological polar surface area (TPSA) is 38.7 Å². The van der Waals surface area contributed by atoms with Crippen LogP contribution in [-0.2, 0) is 6.42 Å². The van der Waals surface area contributed by atoms with Crippen molar-refractivity contribution in [3.05, 3.63) is 40.8 Å². The molecule has 0 aliphatic rings. The summed E-state index contributed by atoms with van der Waals surface area (Å²) in [7, 11) is 0. The van der Waals surface area contributed by atoms with Crippen LogP contribution in [0.15, 0.2) is 24.3 Å². The van der Waals surface area contributed by atoms with Crippen LogP contribution in [-0.4, -0.2) is 15.0 Å². The van der Waals surface area contributed by atoms with E-state index in [0.29, 0.717) is 11.0 Å². The predicted octanol–water partition coefficient (Wildman–Crippen LogP) is 3.45. The standard InChI is InChI=1S/C13H14ClN3/c1-3-5-10-6-4-7-11(16-10)13-15-9(2)8-12(14)17-13/h4,6-8H,3,5H2,1-2H3. The highest BCUT2D eigenvalue weighted by Gasteiger charge is 2.06. The van der Waals surface area contributed by atoms with Gasteiger partial charge in [0.25, 0.3) is 0 Å².